The summed E-state index contributed by atoms with van der Waals surface area (Å²) >= 11 is 0.787. The number of aryl methyl sites for hydroxylation is 2. The van der Waals surface area contributed by atoms with Crippen molar-refractivity contribution in [3.05, 3.63) is 54.6 Å². The molecule has 0 N–H and O–H groups in total. The first-order valence-electron chi connectivity index (χ1n) is 7.47. The van der Waals surface area contributed by atoms with E-state index in [1.807, 2.05) is 0 Å². The van der Waals surface area contributed by atoms with E-state index in [2.05, 4.69) is 65.2 Å². The molecule has 0 spiro atoms. The van der Waals surface area contributed by atoms with Gasteiger partial charge in [0, 0.05) is 0 Å². The first-order chi connectivity index (χ1) is 9.84. The van der Waals surface area contributed by atoms with Gasteiger partial charge < -0.3 is 0 Å². The monoisotopic (exact) mass is 337 g/mol. The summed E-state index contributed by atoms with van der Waals surface area (Å²) in [5.74, 6) is 0. The number of rotatable bonds is 9. The predicted molar refractivity (Wildman–Crippen MR) is 84.8 cm³/mol. The molecule has 2 rings (SSSR count). The van der Waals surface area contributed by atoms with Gasteiger partial charge in [-0.05, 0) is 0 Å². The molecule has 0 unspecified atom stereocenters. The molecule has 1 heterocycles. The Morgan fingerprint density at radius 3 is 2.60 bits per heavy atom. The van der Waals surface area contributed by atoms with Crippen LogP contribution in [0, 0.1) is 0 Å². The zero-order valence-electron chi connectivity index (χ0n) is 12.4. The molecular formula is C17H25N2Se+. The summed E-state index contributed by atoms with van der Waals surface area (Å²) in [6.45, 7) is 1.16. The summed E-state index contributed by atoms with van der Waals surface area (Å²) in [5.41, 5.74) is 1.51. The topological polar surface area (TPSA) is 8.81 Å². The fourth-order valence-electron chi connectivity index (χ4n) is 2.25. The van der Waals surface area contributed by atoms with Crippen molar-refractivity contribution in [1.82, 2.24) is 4.57 Å². The van der Waals surface area contributed by atoms with E-state index >= 15 is 0 Å². The van der Waals surface area contributed by atoms with E-state index < -0.39 is 0 Å². The number of unbranched alkanes of at least 4 members (excludes halogenated alkanes) is 3. The molecule has 0 aliphatic carbocycles. The average molecular weight is 336 g/mol. The van der Waals surface area contributed by atoms with Crippen LogP contribution in [0.4, 0.5) is 0 Å². The van der Waals surface area contributed by atoms with Crippen molar-refractivity contribution >= 4 is 15.0 Å². The summed E-state index contributed by atoms with van der Waals surface area (Å²) in [4.78, 5) is 0. The van der Waals surface area contributed by atoms with E-state index in [4.69, 9.17) is 0 Å². The van der Waals surface area contributed by atoms with Crippen molar-refractivity contribution < 1.29 is 4.57 Å². The van der Waals surface area contributed by atoms with E-state index in [0.29, 0.717) is 0 Å². The quantitative estimate of drug-likeness (QED) is 0.378. The Balaban J connectivity index is 1.44. The Kier molecular flexibility index (Phi) is 6.90. The third kappa shape index (κ3) is 5.94. The van der Waals surface area contributed by atoms with E-state index in [1.165, 1.54) is 41.9 Å². The number of nitrogens with zero attached hydrogens (tertiary/aromatic N) is 2. The molecule has 0 fully saturated rings. The molecule has 2 aromatic rings. The molecule has 0 saturated carbocycles. The van der Waals surface area contributed by atoms with E-state index in [-0.39, 0.29) is 0 Å². The molecule has 0 radical (unpaired) electrons. The van der Waals surface area contributed by atoms with Gasteiger partial charge in [-0.3, -0.25) is 0 Å². The zero-order valence-corrected chi connectivity index (χ0v) is 14.1. The van der Waals surface area contributed by atoms with Gasteiger partial charge in [0.1, 0.15) is 0 Å². The first kappa shape index (κ1) is 15.3. The van der Waals surface area contributed by atoms with E-state index in [0.717, 1.165) is 21.5 Å². The molecule has 0 aliphatic heterocycles. The number of hydrogen-bond acceptors (Lipinski definition) is 0. The van der Waals surface area contributed by atoms with Crippen molar-refractivity contribution in [2.75, 3.05) is 0 Å². The van der Waals surface area contributed by atoms with Crippen LogP contribution in [0.3, 0.4) is 0 Å². The van der Waals surface area contributed by atoms with Crippen molar-refractivity contribution in [2.45, 2.75) is 42.9 Å². The summed E-state index contributed by atoms with van der Waals surface area (Å²) < 4.78 is 4.38. The van der Waals surface area contributed by atoms with Crippen molar-refractivity contribution in [3.8, 4) is 0 Å². The maximum atomic E-state index is 2.28. The molecule has 0 bridgehead atoms. The van der Waals surface area contributed by atoms with Crippen LogP contribution in [0.5, 0.6) is 0 Å². The maximum absolute atomic E-state index is 2.28. The molecule has 3 heteroatoms. The zero-order chi connectivity index (χ0) is 14.0. The summed E-state index contributed by atoms with van der Waals surface area (Å²) in [6, 6.07) is 10.9. The van der Waals surface area contributed by atoms with Crippen LogP contribution in [0.2, 0.25) is 5.32 Å². The summed E-state index contributed by atoms with van der Waals surface area (Å²) in [6.07, 6.45) is 11.9. The fraction of sp³-hybridized carbons (Fsp3) is 0.471. The van der Waals surface area contributed by atoms with Crippen LogP contribution in [0.1, 0.15) is 31.2 Å². The second kappa shape index (κ2) is 8.99. The van der Waals surface area contributed by atoms with Crippen molar-refractivity contribution in [2.24, 2.45) is 7.05 Å². The summed E-state index contributed by atoms with van der Waals surface area (Å²) in [7, 11) is 2.07. The minimum absolute atomic E-state index is 0.787. The van der Waals surface area contributed by atoms with Gasteiger partial charge >= 0.3 is 129 Å². The normalized spacial score (nSPS) is 10.8. The van der Waals surface area contributed by atoms with Gasteiger partial charge in [0.25, 0.3) is 0 Å². The van der Waals surface area contributed by atoms with Crippen LogP contribution in [-0.2, 0) is 18.9 Å². The van der Waals surface area contributed by atoms with E-state index in [9.17, 15) is 0 Å². The fourth-order valence-corrected chi connectivity index (χ4v) is 4.31. The Bertz CT molecular complexity index is 479. The third-order valence-corrected chi connectivity index (χ3v) is 5.73. The molecule has 0 amide bonds. The van der Waals surface area contributed by atoms with Crippen LogP contribution in [0.25, 0.3) is 0 Å². The Morgan fingerprint density at radius 2 is 1.85 bits per heavy atom. The Hall–Kier alpha value is -1.05. The Labute approximate surface area is 129 Å². The van der Waals surface area contributed by atoms with Gasteiger partial charge in [-0.25, -0.2) is 0 Å². The molecule has 108 valence electrons. The number of imidazole rings is 1. The van der Waals surface area contributed by atoms with Gasteiger partial charge in [0.05, 0.1) is 0 Å². The van der Waals surface area contributed by atoms with Crippen LogP contribution in [0.15, 0.2) is 49.1 Å². The van der Waals surface area contributed by atoms with Crippen LogP contribution in [-0.4, -0.2) is 19.5 Å². The predicted octanol–water partition coefficient (Wildman–Crippen LogP) is 3.20. The second-order valence-corrected chi connectivity index (χ2v) is 7.59. The first-order valence-corrected chi connectivity index (χ1v) is 9.89. The SMILES string of the molecule is C[n+]1ccn(CCCCCC[Se]Cc2ccccc2)c1. The summed E-state index contributed by atoms with van der Waals surface area (Å²) in [5, 5.41) is 2.73. The third-order valence-electron chi connectivity index (χ3n) is 3.39. The molecule has 0 atom stereocenters. The molecule has 1 aromatic heterocycles. The molecule has 2 nitrogen and oxygen atoms in total. The van der Waals surface area contributed by atoms with Gasteiger partial charge in [-0.2, -0.15) is 0 Å². The number of aromatic nitrogens is 2. The second-order valence-electron chi connectivity index (χ2n) is 5.27. The van der Waals surface area contributed by atoms with Gasteiger partial charge in [-0.15, -0.1) is 0 Å². The van der Waals surface area contributed by atoms with Crippen molar-refractivity contribution in [3.63, 3.8) is 0 Å². The van der Waals surface area contributed by atoms with Gasteiger partial charge in [-0.1, -0.05) is 0 Å². The van der Waals surface area contributed by atoms with Gasteiger partial charge in [0.2, 0.25) is 0 Å². The van der Waals surface area contributed by atoms with Crippen molar-refractivity contribution in [1.29, 1.82) is 0 Å². The molecular weight excluding hydrogens is 311 g/mol. The van der Waals surface area contributed by atoms with E-state index in [1.54, 1.807) is 0 Å². The Morgan fingerprint density at radius 1 is 1.05 bits per heavy atom. The standard InChI is InChI=1S/C17H25N2Se/c1-18-12-13-19(16-18)11-7-2-3-8-14-20-15-17-9-5-4-6-10-17/h4-6,9-10,12-13,16H,2-3,7-8,11,14-15H2,1H3/q+1. The molecule has 1 aromatic carbocycles. The molecule has 0 saturated heterocycles. The average Bonchev–Trinajstić information content (AvgIpc) is 2.88. The number of hydrogen-bond donors (Lipinski definition) is 0. The number of benzene rings is 1. The van der Waals surface area contributed by atoms with Crippen LogP contribution < -0.4 is 4.57 Å². The molecule has 0 aliphatic rings. The van der Waals surface area contributed by atoms with Gasteiger partial charge in [0.15, 0.2) is 0 Å². The van der Waals surface area contributed by atoms with Crippen LogP contribution >= 0.6 is 0 Å². The minimum atomic E-state index is 0.787. The molecule has 20 heavy (non-hydrogen) atoms.